The molecule has 1 aliphatic rings. The van der Waals surface area contributed by atoms with Crippen LogP contribution in [0, 0.1) is 11.8 Å². The summed E-state index contributed by atoms with van der Waals surface area (Å²) in [7, 11) is 0. The van der Waals surface area contributed by atoms with Crippen LogP contribution in [-0.4, -0.2) is 23.1 Å². The third-order valence-corrected chi connectivity index (χ3v) is 4.48. The molecule has 22 heavy (non-hydrogen) atoms. The van der Waals surface area contributed by atoms with E-state index in [1.807, 2.05) is 24.3 Å². The molecule has 0 bridgehead atoms. The average Bonchev–Trinajstić information content (AvgIpc) is 2.53. The van der Waals surface area contributed by atoms with Crippen molar-refractivity contribution in [1.29, 1.82) is 0 Å². The molecule has 1 aromatic carbocycles. The number of nitrogen functional groups attached to an aromatic ring is 1. The van der Waals surface area contributed by atoms with Crippen LogP contribution in [0.4, 0.5) is 11.8 Å². The number of hydrogen-bond donors (Lipinski definition) is 3. The Balaban J connectivity index is 0.00000176. The monoisotopic (exact) mass is 321 g/mol. The van der Waals surface area contributed by atoms with Crippen LogP contribution in [0.3, 0.4) is 0 Å². The van der Waals surface area contributed by atoms with Crippen LogP contribution < -0.4 is 16.8 Å². The zero-order chi connectivity index (χ0) is 14.7. The zero-order valence-electron chi connectivity index (χ0n) is 12.7. The van der Waals surface area contributed by atoms with Gasteiger partial charge in [-0.2, -0.15) is 4.98 Å². The lowest BCUT2D eigenvalue weighted by Crippen LogP contribution is -2.25. The van der Waals surface area contributed by atoms with Crippen molar-refractivity contribution in [2.75, 3.05) is 24.1 Å². The molecule has 1 heterocycles. The van der Waals surface area contributed by atoms with Crippen LogP contribution in [0.5, 0.6) is 0 Å². The van der Waals surface area contributed by atoms with E-state index >= 15 is 0 Å². The second-order valence-electron chi connectivity index (χ2n) is 5.95. The molecule has 0 saturated heterocycles. The predicted octanol–water partition coefficient (Wildman–Crippen LogP) is 2.81. The quantitative estimate of drug-likeness (QED) is 0.805. The highest BCUT2D eigenvalue weighted by atomic mass is 35.5. The number of para-hydroxylation sites is 1. The molecule has 0 radical (unpaired) electrons. The molecule has 1 aliphatic carbocycles. The van der Waals surface area contributed by atoms with Gasteiger partial charge in [-0.25, -0.2) is 4.98 Å². The number of benzene rings is 1. The Labute approximate surface area is 137 Å². The standard InChI is InChI=1S/C16H23N5.ClH/c17-9-11-5-7-12(8-6-11)10-19-16-20-14-4-2-1-3-13(14)15(18)21-16;/h1-4,11-12H,5-10,17H2,(H3,18,19,20,21);1H. The minimum absolute atomic E-state index is 0. The first kappa shape index (κ1) is 16.8. The number of halogens is 1. The first-order chi connectivity index (χ1) is 10.3. The maximum atomic E-state index is 6.00. The maximum absolute atomic E-state index is 6.00. The van der Waals surface area contributed by atoms with Crippen molar-refractivity contribution in [1.82, 2.24) is 9.97 Å². The number of rotatable bonds is 4. The molecular formula is C16H24ClN5. The molecule has 1 fully saturated rings. The van der Waals surface area contributed by atoms with E-state index in [0.717, 1.165) is 24.0 Å². The predicted molar refractivity (Wildman–Crippen MR) is 94.2 cm³/mol. The molecule has 6 heteroatoms. The van der Waals surface area contributed by atoms with Crippen molar-refractivity contribution >= 4 is 35.1 Å². The smallest absolute Gasteiger partial charge is 0.225 e. The summed E-state index contributed by atoms with van der Waals surface area (Å²) < 4.78 is 0. The van der Waals surface area contributed by atoms with Gasteiger partial charge in [-0.3, -0.25) is 0 Å². The second kappa shape index (κ2) is 7.61. The van der Waals surface area contributed by atoms with Crippen LogP contribution in [0.15, 0.2) is 24.3 Å². The minimum Gasteiger partial charge on any atom is -0.383 e. The molecule has 0 aliphatic heterocycles. The van der Waals surface area contributed by atoms with E-state index in [1.165, 1.54) is 25.7 Å². The Hall–Kier alpha value is -1.59. The summed E-state index contributed by atoms with van der Waals surface area (Å²) in [6.07, 6.45) is 4.95. The summed E-state index contributed by atoms with van der Waals surface area (Å²) >= 11 is 0. The number of aromatic nitrogens is 2. The molecule has 5 N–H and O–H groups in total. The molecule has 0 unspecified atom stereocenters. The minimum atomic E-state index is 0. The largest absolute Gasteiger partial charge is 0.383 e. The molecule has 1 aromatic heterocycles. The average molecular weight is 322 g/mol. The van der Waals surface area contributed by atoms with E-state index in [4.69, 9.17) is 11.5 Å². The van der Waals surface area contributed by atoms with E-state index in [2.05, 4.69) is 15.3 Å². The summed E-state index contributed by atoms with van der Waals surface area (Å²) in [6.45, 7) is 1.74. The molecule has 1 saturated carbocycles. The van der Waals surface area contributed by atoms with Crippen molar-refractivity contribution in [3.05, 3.63) is 24.3 Å². The molecule has 0 spiro atoms. The van der Waals surface area contributed by atoms with Gasteiger partial charge in [0.1, 0.15) is 5.82 Å². The van der Waals surface area contributed by atoms with Gasteiger partial charge in [0.15, 0.2) is 0 Å². The lowest BCUT2D eigenvalue weighted by molar-refractivity contribution is 0.289. The molecule has 0 atom stereocenters. The fourth-order valence-corrected chi connectivity index (χ4v) is 3.09. The van der Waals surface area contributed by atoms with Gasteiger partial charge in [0.05, 0.1) is 5.52 Å². The van der Waals surface area contributed by atoms with Gasteiger partial charge >= 0.3 is 0 Å². The van der Waals surface area contributed by atoms with Gasteiger partial charge < -0.3 is 16.8 Å². The van der Waals surface area contributed by atoms with E-state index < -0.39 is 0 Å². The lowest BCUT2D eigenvalue weighted by Gasteiger charge is -2.27. The SMILES string of the molecule is Cl.NCC1CCC(CNc2nc(N)c3ccccc3n2)CC1. The summed E-state index contributed by atoms with van der Waals surface area (Å²) in [5, 5.41) is 4.26. The first-order valence-corrected chi connectivity index (χ1v) is 7.72. The molecule has 3 rings (SSSR count). The third kappa shape index (κ3) is 3.78. The van der Waals surface area contributed by atoms with Gasteiger partial charge in [-0.1, -0.05) is 12.1 Å². The first-order valence-electron chi connectivity index (χ1n) is 7.72. The maximum Gasteiger partial charge on any atom is 0.225 e. The Morgan fingerprint density at radius 3 is 2.45 bits per heavy atom. The fourth-order valence-electron chi connectivity index (χ4n) is 3.09. The summed E-state index contributed by atoms with van der Waals surface area (Å²) in [6, 6.07) is 7.82. The van der Waals surface area contributed by atoms with E-state index in [1.54, 1.807) is 0 Å². The van der Waals surface area contributed by atoms with Crippen molar-refractivity contribution < 1.29 is 0 Å². The Morgan fingerprint density at radius 2 is 1.73 bits per heavy atom. The summed E-state index contributed by atoms with van der Waals surface area (Å²) in [4.78, 5) is 8.88. The molecule has 120 valence electrons. The summed E-state index contributed by atoms with van der Waals surface area (Å²) in [5.41, 5.74) is 12.6. The number of hydrogen-bond acceptors (Lipinski definition) is 5. The number of nitrogens with zero attached hydrogens (tertiary/aromatic N) is 2. The van der Waals surface area contributed by atoms with Crippen molar-refractivity contribution in [2.45, 2.75) is 25.7 Å². The Kier molecular flexibility index (Phi) is 5.80. The van der Waals surface area contributed by atoms with Gasteiger partial charge in [0.25, 0.3) is 0 Å². The molecule has 0 amide bonds. The normalized spacial score (nSPS) is 21.3. The molecule has 2 aromatic rings. The van der Waals surface area contributed by atoms with Crippen LogP contribution in [0.25, 0.3) is 10.9 Å². The number of anilines is 2. The molecular weight excluding hydrogens is 298 g/mol. The topological polar surface area (TPSA) is 89.8 Å². The van der Waals surface area contributed by atoms with E-state index in [0.29, 0.717) is 23.6 Å². The van der Waals surface area contributed by atoms with Gasteiger partial charge in [0, 0.05) is 11.9 Å². The van der Waals surface area contributed by atoms with Crippen molar-refractivity contribution in [3.63, 3.8) is 0 Å². The Bertz CT molecular complexity index is 611. The molecule has 5 nitrogen and oxygen atoms in total. The van der Waals surface area contributed by atoms with Crippen LogP contribution >= 0.6 is 12.4 Å². The van der Waals surface area contributed by atoms with Crippen LogP contribution in [0.1, 0.15) is 25.7 Å². The second-order valence-corrected chi connectivity index (χ2v) is 5.95. The summed E-state index contributed by atoms with van der Waals surface area (Å²) in [5.74, 6) is 2.57. The highest BCUT2D eigenvalue weighted by Crippen LogP contribution is 2.28. The van der Waals surface area contributed by atoms with Gasteiger partial charge in [-0.15, -0.1) is 12.4 Å². The van der Waals surface area contributed by atoms with E-state index in [-0.39, 0.29) is 12.4 Å². The Morgan fingerprint density at radius 1 is 1.05 bits per heavy atom. The van der Waals surface area contributed by atoms with Crippen LogP contribution in [-0.2, 0) is 0 Å². The van der Waals surface area contributed by atoms with Crippen LogP contribution in [0.2, 0.25) is 0 Å². The number of fused-ring (bicyclic) bond motifs is 1. The lowest BCUT2D eigenvalue weighted by atomic mass is 9.82. The van der Waals surface area contributed by atoms with Crippen molar-refractivity contribution in [3.8, 4) is 0 Å². The number of nitrogens with one attached hydrogen (secondary N) is 1. The third-order valence-electron chi connectivity index (χ3n) is 4.48. The van der Waals surface area contributed by atoms with Crippen molar-refractivity contribution in [2.24, 2.45) is 17.6 Å². The number of nitrogens with two attached hydrogens (primary N) is 2. The highest BCUT2D eigenvalue weighted by Gasteiger charge is 2.20. The van der Waals surface area contributed by atoms with E-state index in [9.17, 15) is 0 Å². The fraction of sp³-hybridized carbons (Fsp3) is 0.500. The highest BCUT2D eigenvalue weighted by molar-refractivity contribution is 5.88. The van der Waals surface area contributed by atoms with Gasteiger partial charge in [0.2, 0.25) is 5.95 Å². The van der Waals surface area contributed by atoms with Gasteiger partial charge in [-0.05, 0) is 56.2 Å². The zero-order valence-corrected chi connectivity index (χ0v) is 13.5.